The second kappa shape index (κ2) is 3.89. The van der Waals surface area contributed by atoms with Crippen molar-refractivity contribution in [1.82, 2.24) is 0 Å². The first kappa shape index (κ1) is 10.5. The van der Waals surface area contributed by atoms with Gasteiger partial charge in [0, 0.05) is 16.8 Å². The molecular weight excluding hydrogens is 215 g/mol. The fourth-order valence-electron chi connectivity index (χ4n) is 1.45. The lowest BCUT2D eigenvalue weighted by Gasteiger charge is -2.05. The highest BCUT2D eigenvalue weighted by atomic mass is 19.1. The summed E-state index contributed by atoms with van der Waals surface area (Å²) in [6, 6.07) is 6.71. The largest absolute Gasteiger partial charge is 0.399 e. The maximum atomic E-state index is 13.5. The molecule has 82 valence electrons. The Balaban J connectivity index is 2.62. The lowest BCUT2D eigenvalue weighted by molar-refractivity contribution is 0.598. The van der Waals surface area contributed by atoms with Crippen LogP contribution < -0.4 is 5.73 Å². The number of nitrogens with two attached hydrogens (primary N) is 1. The summed E-state index contributed by atoms with van der Waals surface area (Å²) in [5, 5.41) is 0. The Bertz CT molecular complexity index is 538. The zero-order valence-corrected chi connectivity index (χ0v) is 8.18. The number of halogens is 3. The lowest BCUT2D eigenvalue weighted by atomic mass is 10.0. The van der Waals surface area contributed by atoms with Crippen molar-refractivity contribution in [2.75, 3.05) is 5.73 Å². The van der Waals surface area contributed by atoms with E-state index < -0.39 is 17.5 Å². The maximum absolute atomic E-state index is 13.5. The molecular formula is C12H8F3N. The minimum atomic E-state index is -0.676. The zero-order valence-electron chi connectivity index (χ0n) is 8.18. The van der Waals surface area contributed by atoms with Crippen molar-refractivity contribution in [2.45, 2.75) is 0 Å². The summed E-state index contributed by atoms with van der Waals surface area (Å²) in [5.74, 6) is -1.97. The van der Waals surface area contributed by atoms with E-state index >= 15 is 0 Å². The van der Waals surface area contributed by atoms with Crippen molar-refractivity contribution in [3.05, 3.63) is 53.8 Å². The van der Waals surface area contributed by atoms with Crippen LogP contribution in [0.5, 0.6) is 0 Å². The molecule has 0 unspecified atom stereocenters. The summed E-state index contributed by atoms with van der Waals surface area (Å²) < 4.78 is 39.8. The lowest BCUT2D eigenvalue weighted by Crippen LogP contribution is -1.92. The van der Waals surface area contributed by atoms with Gasteiger partial charge in [0.1, 0.15) is 17.5 Å². The molecule has 4 heteroatoms. The third-order valence-corrected chi connectivity index (χ3v) is 2.21. The summed E-state index contributed by atoms with van der Waals surface area (Å²) >= 11 is 0. The van der Waals surface area contributed by atoms with E-state index in [9.17, 15) is 13.2 Å². The van der Waals surface area contributed by atoms with Crippen LogP contribution in [0.3, 0.4) is 0 Å². The van der Waals surface area contributed by atoms with Crippen LogP contribution in [-0.2, 0) is 0 Å². The van der Waals surface area contributed by atoms with Crippen molar-refractivity contribution in [1.29, 1.82) is 0 Å². The number of benzene rings is 2. The zero-order chi connectivity index (χ0) is 11.7. The van der Waals surface area contributed by atoms with Gasteiger partial charge in [-0.2, -0.15) is 0 Å². The fraction of sp³-hybridized carbons (Fsp3) is 0. The van der Waals surface area contributed by atoms with Gasteiger partial charge in [0.25, 0.3) is 0 Å². The van der Waals surface area contributed by atoms with Gasteiger partial charge >= 0.3 is 0 Å². The van der Waals surface area contributed by atoms with E-state index in [1.165, 1.54) is 12.1 Å². The molecule has 16 heavy (non-hydrogen) atoms. The first-order valence-corrected chi connectivity index (χ1v) is 4.58. The second-order valence-electron chi connectivity index (χ2n) is 3.36. The summed E-state index contributed by atoms with van der Waals surface area (Å²) in [4.78, 5) is 0. The van der Waals surface area contributed by atoms with Crippen LogP contribution in [0, 0.1) is 17.5 Å². The summed E-state index contributed by atoms with van der Waals surface area (Å²) in [5.41, 5.74) is 5.48. The van der Waals surface area contributed by atoms with E-state index in [-0.39, 0.29) is 16.8 Å². The Labute approximate surface area is 90.3 Å². The molecule has 2 N–H and O–H groups in total. The quantitative estimate of drug-likeness (QED) is 0.737. The van der Waals surface area contributed by atoms with Gasteiger partial charge < -0.3 is 5.73 Å². The highest BCUT2D eigenvalue weighted by Crippen LogP contribution is 2.27. The molecule has 0 radical (unpaired) electrons. The number of rotatable bonds is 1. The predicted octanol–water partition coefficient (Wildman–Crippen LogP) is 3.35. The van der Waals surface area contributed by atoms with Crippen LogP contribution in [0.25, 0.3) is 11.1 Å². The Morgan fingerprint density at radius 1 is 0.750 bits per heavy atom. The highest BCUT2D eigenvalue weighted by Gasteiger charge is 2.11. The average Bonchev–Trinajstić information content (AvgIpc) is 2.22. The SMILES string of the molecule is Nc1ccc(-c2cc(F)ccc2F)c(F)c1. The summed E-state index contributed by atoms with van der Waals surface area (Å²) in [6.07, 6.45) is 0. The Hall–Kier alpha value is -1.97. The van der Waals surface area contributed by atoms with E-state index in [0.29, 0.717) is 0 Å². The van der Waals surface area contributed by atoms with Gasteiger partial charge in [-0.15, -0.1) is 0 Å². The average molecular weight is 223 g/mol. The Morgan fingerprint density at radius 3 is 2.19 bits per heavy atom. The first-order valence-electron chi connectivity index (χ1n) is 4.58. The molecule has 0 aliphatic carbocycles. The van der Waals surface area contributed by atoms with E-state index in [0.717, 1.165) is 24.3 Å². The fourth-order valence-corrected chi connectivity index (χ4v) is 1.45. The number of hydrogen-bond donors (Lipinski definition) is 1. The number of hydrogen-bond acceptors (Lipinski definition) is 1. The Kier molecular flexibility index (Phi) is 2.56. The van der Waals surface area contributed by atoms with Crippen LogP contribution in [0.15, 0.2) is 36.4 Å². The monoisotopic (exact) mass is 223 g/mol. The van der Waals surface area contributed by atoms with Crippen molar-refractivity contribution >= 4 is 5.69 Å². The summed E-state index contributed by atoms with van der Waals surface area (Å²) in [6.45, 7) is 0. The molecule has 0 saturated heterocycles. The molecule has 0 bridgehead atoms. The number of anilines is 1. The molecule has 0 aliphatic heterocycles. The molecule has 0 aromatic heterocycles. The van der Waals surface area contributed by atoms with E-state index in [1.54, 1.807) is 0 Å². The van der Waals surface area contributed by atoms with Crippen LogP contribution >= 0.6 is 0 Å². The standard InChI is InChI=1S/C12H8F3N/c13-7-1-4-11(14)10(5-7)9-3-2-8(16)6-12(9)15/h1-6H,16H2. The smallest absolute Gasteiger partial charge is 0.133 e. The van der Waals surface area contributed by atoms with Crippen LogP contribution in [0.1, 0.15) is 0 Å². The molecule has 1 nitrogen and oxygen atoms in total. The maximum Gasteiger partial charge on any atom is 0.133 e. The van der Waals surface area contributed by atoms with E-state index in [2.05, 4.69) is 0 Å². The highest BCUT2D eigenvalue weighted by molar-refractivity contribution is 5.67. The molecule has 0 amide bonds. The molecule has 0 heterocycles. The van der Waals surface area contributed by atoms with Gasteiger partial charge in [-0.3, -0.25) is 0 Å². The topological polar surface area (TPSA) is 26.0 Å². The van der Waals surface area contributed by atoms with Crippen molar-refractivity contribution in [3.8, 4) is 11.1 Å². The minimum Gasteiger partial charge on any atom is -0.399 e. The second-order valence-corrected chi connectivity index (χ2v) is 3.36. The molecule has 0 fully saturated rings. The van der Waals surface area contributed by atoms with Crippen LogP contribution in [0.4, 0.5) is 18.9 Å². The van der Waals surface area contributed by atoms with E-state index in [1.807, 2.05) is 0 Å². The van der Waals surface area contributed by atoms with Gasteiger partial charge in [0.05, 0.1) is 0 Å². The molecule has 0 aliphatic rings. The van der Waals surface area contributed by atoms with Crippen LogP contribution in [-0.4, -0.2) is 0 Å². The minimum absolute atomic E-state index is 0.00815. The third kappa shape index (κ3) is 1.86. The third-order valence-electron chi connectivity index (χ3n) is 2.21. The molecule has 2 aromatic carbocycles. The Morgan fingerprint density at radius 2 is 1.50 bits per heavy atom. The van der Waals surface area contributed by atoms with Gasteiger partial charge in [-0.1, -0.05) is 0 Å². The van der Waals surface area contributed by atoms with Gasteiger partial charge in [0.15, 0.2) is 0 Å². The molecule has 2 aromatic rings. The van der Waals surface area contributed by atoms with E-state index in [4.69, 9.17) is 5.73 Å². The summed E-state index contributed by atoms with van der Waals surface area (Å²) in [7, 11) is 0. The van der Waals surface area contributed by atoms with Gasteiger partial charge in [-0.25, -0.2) is 13.2 Å². The molecule has 0 saturated carbocycles. The predicted molar refractivity (Wildman–Crippen MR) is 56.2 cm³/mol. The van der Waals surface area contributed by atoms with Crippen molar-refractivity contribution < 1.29 is 13.2 Å². The van der Waals surface area contributed by atoms with Crippen molar-refractivity contribution in [3.63, 3.8) is 0 Å². The van der Waals surface area contributed by atoms with Gasteiger partial charge in [0.2, 0.25) is 0 Å². The van der Waals surface area contributed by atoms with Gasteiger partial charge in [-0.05, 0) is 36.4 Å². The van der Waals surface area contributed by atoms with Crippen molar-refractivity contribution in [2.24, 2.45) is 0 Å². The number of nitrogen functional groups attached to an aromatic ring is 1. The van der Waals surface area contributed by atoms with Crippen LogP contribution in [0.2, 0.25) is 0 Å². The normalized spacial score (nSPS) is 10.4. The molecule has 0 atom stereocenters. The first-order chi connectivity index (χ1) is 7.58. The molecule has 0 spiro atoms. The molecule has 2 rings (SSSR count).